The topological polar surface area (TPSA) is 26.0 Å². The molecule has 2 rings (SSSR count). The van der Waals surface area contributed by atoms with Crippen molar-refractivity contribution in [1.82, 2.24) is 0 Å². The Morgan fingerprint density at radius 2 is 1.93 bits per heavy atom. The molecule has 0 spiro atoms. The van der Waals surface area contributed by atoms with Crippen molar-refractivity contribution >= 4 is 0 Å². The maximum atomic E-state index is 6.14. The number of hydrogen-bond acceptors (Lipinski definition) is 1. The van der Waals surface area contributed by atoms with Gasteiger partial charge >= 0.3 is 0 Å². The van der Waals surface area contributed by atoms with E-state index in [0.717, 1.165) is 12.3 Å². The highest BCUT2D eigenvalue weighted by atomic mass is 14.7. The quantitative estimate of drug-likeness (QED) is 0.741. The van der Waals surface area contributed by atoms with Crippen LogP contribution in [0, 0.1) is 0 Å². The molecule has 0 aromatic heterocycles. The van der Waals surface area contributed by atoms with Crippen LogP contribution >= 0.6 is 0 Å². The minimum Gasteiger partial charge on any atom is -0.324 e. The van der Waals surface area contributed by atoms with Crippen molar-refractivity contribution in [2.75, 3.05) is 0 Å². The highest BCUT2D eigenvalue weighted by Crippen LogP contribution is 2.41. The Labute approximate surface area is 92.7 Å². The Bertz CT molecular complexity index is 319. The first kappa shape index (κ1) is 10.7. The molecular formula is C14H21N. The summed E-state index contributed by atoms with van der Waals surface area (Å²) in [6.07, 6.45) is 6.48. The second kappa shape index (κ2) is 4.80. The fourth-order valence-corrected chi connectivity index (χ4v) is 2.69. The van der Waals surface area contributed by atoms with Crippen LogP contribution in [-0.2, 0) is 0 Å². The number of nitrogens with two attached hydrogens (primary N) is 1. The zero-order valence-corrected chi connectivity index (χ0v) is 9.58. The van der Waals surface area contributed by atoms with Crippen LogP contribution < -0.4 is 5.73 Å². The summed E-state index contributed by atoms with van der Waals surface area (Å²) in [6, 6.07) is 8.99. The maximum absolute atomic E-state index is 6.14. The SMILES string of the molecule is CCCCC[C@@H]1C[C@@H](N)c2ccccc21. The predicted octanol–water partition coefficient (Wildman–Crippen LogP) is 3.75. The molecule has 0 unspecified atom stereocenters. The molecule has 15 heavy (non-hydrogen) atoms. The number of hydrogen-bond donors (Lipinski definition) is 1. The van der Waals surface area contributed by atoms with Crippen molar-refractivity contribution in [3.8, 4) is 0 Å². The first-order valence-electron chi connectivity index (χ1n) is 6.17. The number of unbranched alkanes of at least 4 members (excludes halogenated alkanes) is 2. The van der Waals surface area contributed by atoms with Crippen molar-refractivity contribution in [3.05, 3.63) is 35.4 Å². The molecule has 0 saturated carbocycles. The highest BCUT2D eigenvalue weighted by molar-refractivity contribution is 5.37. The molecule has 2 atom stereocenters. The lowest BCUT2D eigenvalue weighted by Gasteiger charge is -2.10. The van der Waals surface area contributed by atoms with Gasteiger partial charge in [0, 0.05) is 6.04 Å². The Hall–Kier alpha value is -0.820. The summed E-state index contributed by atoms with van der Waals surface area (Å²) < 4.78 is 0. The molecule has 1 aliphatic carbocycles. The second-order valence-corrected chi connectivity index (χ2v) is 4.66. The van der Waals surface area contributed by atoms with Gasteiger partial charge in [-0.2, -0.15) is 0 Å². The third-order valence-corrected chi connectivity index (χ3v) is 3.53. The van der Waals surface area contributed by atoms with E-state index < -0.39 is 0 Å². The summed E-state index contributed by atoms with van der Waals surface area (Å²) in [5.74, 6) is 0.725. The van der Waals surface area contributed by atoms with Crippen molar-refractivity contribution in [1.29, 1.82) is 0 Å². The molecular weight excluding hydrogens is 182 g/mol. The average Bonchev–Trinajstić information content (AvgIpc) is 2.58. The Morgan fingerprint density at radius 1 is 1.20 bits per heavy atom. The summed E-state index contributed by atoms with van der Waals surface area (Å²) in [6.45, 7) is 2.26. The first-order chi connectivity index (χ1) is 7.33. The summed E-state index contributed by atoms with van der Waals surface area (Å²) >= 11 is 0. The lowest BCUT2D eigenvalue weighted by atomic mass is 9.95. The Morgan fingerprint density at radius 3 is 2.67 bits per heavy atom. The first-order valence-corrected chi connectivity index (χ1v) is 6.17. The molecule has 1 nitrogen and oxygen atoms in total. The molecule has 0 fully saturated rings. The maximum Gasteiger partial charge on any atom is 0.0303 e. The normalized spacial score (nSPS) is 24.1. The number of benzene rings is 1. The smallest absolute Gasteiger partial charge is 0.0303 e. The standard InChI is InChI=1S/C14H21N/c1-2-3-4-7-11-10-14(15)13-9-6-5-8-12(11)13/h5-6,8-9,11,14H,2-4,7,10,15H2,1H3/t11-,14-/m1/s1. The van der Waals surface area contributed by atoms with Gasteiger partial charge in [0.1, 0.15) is 0 Å². The van der Waals surface area contributed by atoms with Gasteiger partial charge in [0.05, 0.1) is 0 Å². The van der Waals surface area contributed by atoms with E-state index >= 15 is 0 Å². The van der Waals surface area contributed by atoms with Crippen LogP contribution in [0.15, 0.2) is 24.3 Å². The Balaban J connectivity index is 2.04. The van der Waals surface area contributed by atoms with Crippen molar-refractivity contribution < 1.29 is 0 Å². The van der Waals surface area contributed by atoms with Gasteiger partial charge in [0.25, 0.3) is 0 Å². The third-order valence-electron chi connectivity index (χ3n) is 3.53. The fourth-order valence-electron chi connectivity index (χ4n) is 2.69. The summed E-state index contributed by atoms with van der Waals surface area (Å²) in [5, 5.41) is 0. The van der Waals surface area contributed by atoms with E-state index in [1.54, 1.807) is 0 Å². The van der Waals surface area contributed by atoms with Crippen LogP contribution in [0.2, 0.25) is 0 Å². The number of fused-ring (bicyclic) bond motifs is 1. The van der Waals surface area contributed by atoms with Crippen LogP contribution in [0.1, 0.15) is 62.1 Å². The molecule has 0 saturated heterocycles. The summed E-state index contributed by atoms with van der Waals surface area (Å²) in [4.78, 5) is 0. The van der Waals surface area contributed by atoms with Crippen molar-refractivity contribution in [2.24, 2.45) is 5.73 Å². The fraction of sp³-hybridized carbons (Fsp3) is 0.571. The van der Waals surface area contributed by atoms with E-state index in [1.165, 1.54) is 36.8 Å². The van der Waals surface area contributed by atoms with Crippen LogP contribution in [0.5, 0.6) is 0 Å². The van der Waals surface area contributed by atoms with E-state index in [-0.39, 0.29) is 6.04 Å². The summed E-state index contributed by atoms with van der Waals surface area (Å²) in [7, 11) is 0. The molecule has 1 aromatic rings. The molecule has 82 valence electrons. The minimum atomic E-state index is 0.285. The lowest BCUT2D eigenvalue weighted by Crippen LogP contribution is -2.05. The van der Waals surface area contributed by atoms with Gasteiger partial charge in [-0.05, 0) is 29.9 Å². The minimum absolute atomic E-state index is 0.285. The van der Waals surface area contributed by atoms with Gasteiger partial charge in [-0.15, -0.1) is 0 Å². The predicted molar refractivity (Wildman–Crippen MR) is 64.9 cm³/mol. The van der Waals surface area contributed by atoms with Gasteiger partial charge in [0.2, 0.25) is 0 Å². The zero-order valence-electron chi connectivity index (χ0n) is 9.58. The average molecular weight is 203 g/mol. The molecule has 1 aliphatic rings. The van der Waals surface area contributed by atoms with Gasteiger partial charge < -0.3 is 5.73 Å². The third kappa shape index (κ3) is 2.23. The molecule has 1 heteroatoms. The number of rotatable bonds is 4. The lowest BCUT2D eigenvalue weighted by molar-refractivity contribution is 0.531. The van der Waals surface area contributed by atoms with Gasteiger partial charge in [-0.3, -0.25) is 0 Å². The van der Waals surface area contributed by atoms with Gasteiger partial charge in [0.15, 0.2) is 0 Å². The van der Waals surface area contributed by atoms with Gasteiger partial charge in [-0.1, -0.05) is 50.5 Å². The van der Waals surface area contributed by atoms with E-state index in [1.807, 2.05) is 0 Å². The second-order valence-electron chi connectivity index (χ2n) is 4.66. The van der Waals surface area contributed by atoms with Crippen molar-refractivity contribution in [3.63, 3.8) is 0 Å². The largest absolute Gasteiger partial charge is 0.324 e. The van der Waals surface area contributed by atoms with E-state index in [2.05, 4.69) is 31.2 Å². The van der Waals surface area contributed by atoms with E-state index in [9.17, 15) is 0 Å². The van der Waals surface area contributed by atoms with E-state index in [0.29, 0.717) is 0 Å². The molecule has 0 radical (unpaired) electrons. The monoisotopic (exact) mass is 203 g/mol. The Kier molecular flexibility index (Phi) is 3.42. The molecule has 2 N–H and O–H groups in total. The molecule has 1 aromatic carbocycles. The van der Waals surface area contributed by atoms with Gasteiger partial charge in [-0.25, -0.2) is 0 Å². The van der Waals surface area contributed by atoms with E-state index in [4.69, 9.17) is 5.73 Å². The van der Waals surface area contributed by atoms with Crippen LogP contribution in [0.3, 0.4) is 0 Å². The molecule has 0 bridgehead atoms. The zero-order chi connectivity index (χ0) is 10.7. The molecule has 0 heterocycles. The highest BCUT2D eigenvalue weighted by Gasteiger charge is 2.27. The van der Waals surface area contributed by atoms with Crippen molar-refractivity contribution in [2.45, 2.75) is 51.0 Å². The van der Waals surface area contributed by atoms with Crippen LogP contribution in [0.25, 0.3) is 0 Å². The van der Waals surface area contributed by atoms with Crippen LogP contribution in [-0.4, -0.2) is 0 Å². The van der Waals surface area contributed by atoms with Crippen LogP contribution in [0.4, 0.5) is 0 Å². The molecule has 0 aliphatic heterocycles. The molecule has 0 amide bonds. The summed E-state index contributed by atoms with van der Waals surface area (Å²) in [5.41, 5.74) is 9.04.